The van der Waals surface area contributed by atoms with Crippen molar-refractivity contribution in [2.24, 2.45) is 0 Å². The third kappa shape index (κ3) is 2.64. The van der Waals surface area contributed by atoms with Gasteiger partial charge >= 0.3 is 18.9 Å². The number of benzene rings is 1. The van der Waals surface area contributed by atoms with Gasteiger partial charge < -0.3 is 11.2 Å². The van der Waals surface area contributed by atoms with E-state index in [-0.39, 0.29) is 18.9 Å². The summed E-state index contributed by atoms with van der Waals surface area (Å²) in [5.74, 6) is 0.646. The Hall–Kier alpha value is -0.823. The Morgan fingerprint density at radius 2 is 1.80 bits per heavy atom. The molecule has 1 aromatic rings. The first-order valence-corrected chi connectivity index (χ1v) is 2.57. The smallest absolute Gasteiger partial charge is 0.647 e. The van der Waals surface area contributed by atoms with Crippen molar-refractivity contribution in [1.82, 2.24) is 0 Å². The van der Waals surface area contributed by atoms with Gasteiger partial charge in [0.15, 0.2) is 0 Å². The van der Waals surface area contributed by atoms with Crippen LogP contribution in [0.1, 0.15) is 0 Å². The first-order valence-electron chi connectivity index (χ1n) is 2.57. The van der Waals surface area contributed by atoms with Gasteiger partial charge in [-0.1, -0.05) is 18.2 Å². The quantitative estimate of drug-likeness (QED) is 0.254. The van der Waals surface area contributed by atoms with Crippen molar-refractivity contribution < 1.29 is 23.6 Å². The maximum atomic E-state index is 6.47. The fraction of sp³-hybridized carbons (Fsp3) is 0. The van der Waals surface area contributed by atoms with Gasteiger partial charge in [-0.2, -0.15) is 0 Å². The van der Waals surface area contributed by atoms with E-state index in [0.29, 0.717) is 5.75 Å². The first kappa shape index (κ1) is 9.18. The van der Waals surface area contributed by atoms with E-state index in [0.717, 1.165) is 0 Å². The second-order valence-corrected chi connectivity index (χ2v) is 1.52. The van der Waals surface area contributed by atoms with E-state index in [1.807, 2.05) is 24.3 Å². The summed E-state index contributed by atoms with van der Waals surface area (Å²) in [6, 6.07) is 9.10. The van der Waals surface area contributed by atoms with Gasteiger partial charge in [0, 0.05) is 0 Å². The fourth-order valence-electron chi connectivity index (χ4n) is 0.547. The van der Waals surface area contributed by atoms with E-state index in [9.17, 15) is 0 Å². The molecule has 0 unspecified atom stereocenters. The van der Waals surface area contributed by atoms with Crippen LogP contribution in [0.15, 0.2) is 30.3 Å². The summed E-state index contributed by atoms with van der Waals surface area (Å²) in [7, 11) is 0. The topological polar surface area (TPSA) is 9.23 Å². The Balaban J connectivity index is 0.000000810. The van der Waals surface area contributed by atoms with Gasteiger partial charge in [0.25, 0.3) is 0 Å². The van der Waals surface area contributed by atoms with E-state index in [1.165, 1.54) is 0 Å². The van der Waals surface area contributed by atoms with Crippen molar-refractivity contribution in [2.45, 2.75) is 0 Å². The summed E-state index contributed by atoms with van der Waals surface area (Å²) in [5, 5.41) is 0. The van der Waals surface area contributed by atoms with E-state index < -0.39 is 0 Å². The van der Waals surface area contributed by atoms with E-state index in [4.69, 9.17) is 6.42 Å². The minimum absolute atomic E-state index is 0. The largest absolute Gasteiger partial charge is 1.00 e. The Labute approximate surface area is 72.6 Å². The van der Waals surface area contributed by atoms with Gasteiger partial charge in [-0.15, -0.1) is 6.11 Å². The second-order valence-electron chi connectivity index (χ2n) is 1.52. The molecule has 0 aromatic heterocycles. The molecule has 0 saturated carbocycles. The summed E-state index contributed by atoms with van der Waals surface area (Å²) in [6.45, 7) is 0. The number of hydrogen-bond acceptors (Lipinski definition) is 1. The molecular weight excluding hydrogens is 119 g/mol. The predicted molar refractivity (Wildman–Crippen MR) is 34.2 cm³/mol. The van der Waals surface area contributed by atoms with Gasteiger partial charge in [-0.25, -0.2) is 0 Å². The average molecular weight is 124 g/mol. The zero-order valence-corrected chi connectivity index (χ0v) is 5.79. The molecule has 0 atom stereocenters. The van der Waals surface area contributed by atoms with Crippen LogP contribution in [0, 0.1) is 12.5 Å². The first-order chi connectivity index (χ1) is 4.43. The van der Waals surface area contributed by atoms with Crippen LogP contribution < -0.4 is 23.6 Å². The van der Waals surface area contributed by atoms with Crippen LogP contribution in [0.2, 0.25) is 0 Å². The molecule has 0 fully saturated rings. The molecule has 44 valence electrons. The Bertz CT molecular complexity index is 212. The zero-order chi connectivity index (χ0) is 6.53. The minimum Gasteiger partial charge on any atom is -0.647 e. The molecule has 1 nitrogen and oxygen atoms in total. The van der Waals surface area contributed by atoms with Crippen LogP contribution in [-0.2, 0) is 0 Å². The molecule has 10 heavy (non-hydrogen) atoms. The molecule has 0 aliphatic rings. The summed E-state index contributed by atoms with van der Waals surface area (Å²) in [4.78, 5) is 0. The van der Waals surface area contributed by atoms with Gasteiger partial charge in [0.2, 0.25) is 0 Å². The summed E-state index contributed by atoms with van der Waals surface area (Å²) >= 11 is 0. The van der Waals surface area contributed by atoms with Gasteiger partial charge in [0.05, 0.1) is 0 Å². The molecule has 2 heteroatoms. The van der Waals surface area contributed by atoms with E-state index in [2.05, 4.69) is 4.74 Å². The van der Waals surface area contributed by atoms with Gasteiger partial charge in [-0.05, 0) is 12.1 Å². The van der Waals surface area contributed by atoms with Crippen LogP contribution in [-0.4, -0.2) is 0 Å². The Morgan fingerprint density at radius 1 is 1.20 bits per heavy atom. The predicted octanol–water partition coefficient (Wildman–Crippen LogP) is -1.38. The number of ether oxygens (including phenoxy) is 1. The standard InChI is InChI=1S/C8H5O.Li/c1-2-9-8-6-4-3-5-7-8;/h3-7H;/q-1;+1. The van der Waals surface area contributed by atoms with Crippen molar-refractivity contribution in [1.29, 1.82) is 0 Å². The summed E-state index contributed by atoms with van der Waals surface area (Å²) in [5.41, 5.74) is 0. The monoisotopic (exact) mass is 124 g/mol. The molecule has 0 aliphatic heterocycles. The van der Waals surface area contributed by atoms with Gasteiger partial charge in [-0.3, -0.25) is 0 Å². The Kier molecular flexibility index (Phi) is 4.59. The third-order valence-corrected chi connectivity index (χ3v) is 0.912. The third-order valence-electron chi connectivity index (χ3n) is 0.912. The summed E-state index contributed by atoms with van der Waals surface area (Å²) in [6.07, 6.45) is 8.30. The summed E-state index contributed by atoms with van der Waals surface area (Å²) < 4.78 is 4.62. The normalized spacial score (nSPS) is 7.10. The average Bonchev–Trinajstić information content (AvgIpc) is 1.91. The van der Waals surface area contributed by atoms with Crippen molar-refractivity contribution in [3.05, 3.63) is 36.8 Å². The van der Waals surface area contributed by atoms with Gasteiger partial charge in [0.1, 0.15) is 5.75 Å². The molecule has 0 heterocycles. The molecule has 0 radical (unpaired) electrons. The van der Waals surface area contributed by atoms with Crippen molar-refractivity contribution in [2.75, 3.05) is 0 Å². The fourth-order valence-corrected chi connectivity index (χ4v) is 0.547. The molecule has 0 spiro atoms. The molecule has 0 N–H and O–H groups in total. The minimum atomic E-state index is 0. The van der Waals surface area contributed by atoms with Crippen LogP contribution in [0.25, 0.3) is 0 Å². The molecule has 1 aromatic carbocycles. The Morgan fingerprint density at radius 3 is 2.30 bits per heavy atom. The maximum absolute atomic E-state index is 6.47. The second kappa shape index (κ2) is 5.00. The molecule has 0 saturated heterocycles. The molecule has 0 amide bonds. The molecular formula is C8H5LiO. The molecule has 1 rings (SSSR count). The van der Waals surface area contributed by atoms with Crippen LogP contribution >= 0.6 is 0 Å². The van der Waals surface area contributed by atoms with Crippen LogP contribution in [0.4, 0.5) is 0 Å². The number of para-hydroxylation sites is 1. The van der Waals surface area contributed by atoms with E-state index >= 15 is 0 Å². The molecule has 0 bridgehead atoms. The maximum Gasteiger partial charge on any atom is 1.00 e. The zero-order valence-electron chi connectivity index (χ0n) is 5.79. The van der Waals surface area contributed by atoms with Crippen molar-refractivity contribution in [3.8, 4) is 11.9 Å². The SMILES string of the molecule is [C-]#COc1ccccc1.[Li+]. The van der Waals surface area contributed by atoms with Crippen LogP contribution in [0.3, 0.4) is 0 Å². The molecule has 0 aliphatic carbocycles. The number of hydrogen-bond donors (Lipinski definition) is 0. The van der Waals surface area contributed by atoms with Crippen molar-refractivity contribution >= 4 is 0 Å². The number of rotatable bonds is 1. The van der Waals surface area contributed by atoms with Crippen molar-refractivity contribution in [3.63, 3.8) is 0 Å². The van der Waals surface area contributed by atoms with E-state index in [1.54, 1.807) is 12.1 Å². The van der Waals surface area contributed by atoms with Crippen LogP contribution in [0.5, 0.6) is 5.75 Å².